The van der Waals surface area contributed by atoms with Crippen molar-refractivity contribution in [3.63, 3.8) is 0 Å². The Kier molecular flexibility index (Phi) is 3.71. The van der Waals surface area contributed by atoms with Gasteiger partial charge in [0.05, 0.1) is 11.5 Å². The average molecular weight is 310 g/mol. The van der Waals surface area contributed by atoms with Crippen LogP contribution in [0.3, 0.4) is 0 Å². The van der Waals surface area contributed by atoms with Gasteiger partial charge in [-0.25, -0.2) is 8.42 Å². The molecule has 0 amide bonds. The maximum atomic E-state index is 12.8. The van der Waals surface area contributed by atoms with Crippen LogP contribution in [0.4, 0.5) is 0 Å². The second-order valence-electron chi connectivity index (χ2n) is 6.32. The first-order valence-electron chi connectivity index (χ1n) is 7.41. The molecule has 0 aliphatic carbocycles. The zero-order valence-corrected chi connectivity index (χ0v) is 13.2. The summed E-state index contributed by atoms with van der Waals surface area (Å²) in [4.78, 5) is 0.369. The molecular formula is C15H22N2O3S. The van der Waals surface area contributed by atoms with Gasteiger partial charge in [-0.1, -0.05) is 6.92 Å². The van der Waals surface area contributed by atoms with Gasteiger partial charge in [-0.3, -0.25) is 0 Å². The number of benzene rings is 1. The van der Waals surface area contributed by atoms with Crippen LogP contribution in [0.2, 0.25) is 0 Å². The molecule has 6 heteroatoms. The fourth-order valence-corrected chi connectivity index (χ4v) is 4.64. The smallest absolute Gasteiger partial charge is 0.243 e. The first-order valence-corrected chi connectivity index (χ1v) is 8.85. The van der Waals surface area contributed by atoms with E-state index < -0.39 is 10.0 Å². The Morgan fingerprint density at radius 2 is 2.24 bits per heavy atom. The fourth-order valence-electron chi connectivity index (χ4n) is 3.00. The number of rotatable bonds is 3. The molecule has 1 atom stereocenters. The number of ether oxygens (including phenoxy) is 1. The highest BCUT2D eigenvalue weighted by molar-refractivity contribution is 7.89. The first kappa shape index (κ1) is 14.8. The quantitative estimate of drug-likeness (QED) is 0.915. The Balaban J connectivity index is 1.89. The van der Waals surface area contributed by atoms with Gasteiger partial charge >= 0.3 is 0 Å². The van der Waals surface area contributed by atoms with Crippen LogP contribution in [0.25, 0.3) is 0 Å². The third-order valence-electron chi connectivity index (χ3n) is 4.53. The van der Waals surface area contributed by atoms with E-state index in [9.17, 15) is 8.42 Å². The zero-order chi connectivity index (χ0) is 15.1. The molecule has 2 aliphatic heterocycles. The van der Waals surface area contributed by atoms with E-state index in [1.165, 1.54) is 0 Å². The maximum absolute atomic E-state index is 12.8. The molecule has 116 valence electrons. The molecule has 2 heterocycles. The van der Waals surface area contributed by atoms with Gasteiger partial charge < -0.3 is 10.5 Å². The van der Waals surface area contributed by atoms with E-state index in [0.29, 0.717) is 31.1 Å². The zero-order valence-electron chi connectivity index (χ0n) is 12.3. The van der Waals surface area contributed by atoms with Crippen LogP contribution in [0.1, 0.15) is 25.3 Å². The summed E-state index contributed by atoms with van der Waals surface area (Å²) < 4.78 is 32.6. The van der Waals surface area contributed by atoms with Crippen molar-refractivity contribution in [1.82, 2.24) is 4.31 Å². The molecule has 1 aromatic carbocycles. The van der Waals surface area contributed by atoms with Crippen LogP contribution >= 0.6 is 0 Å². The van der Waals surface area contributed by atoms with Crippen molar-refractivity contribution >= 4 is 10.0 Å². The van der Waals surface area contributed by atoms with Gasteiger partial charge in [0.25, 0.3) is 0 Å². The van der Waals surface area contributed by atoms with Crippen LogP contribution in [0.15, 0.2) is 23.1 Å². The van der Waals surface area contributed by atoms with E-state index in [0.717, 1.165) is 30.6 Å². The lowest BCUT2D eigenvalue weighted by molar-refractivity contribution is 0.288. The van der Waals surface area contributed by atoms with Gasteiger partial charge in [0, 0.05) is 13.1 Å². The van der Waals surface area contributed by atoms with Crippen molar-refractivity contribution in [1.29, 1.82) is 0 Å². The highest BCUT2D eigenvalue weighted by Gasteiger charge is 2.39. The monoisotopic (exact) mass is 310 g/mol. The Morgan fingerprint density at radius 3 is 2.95 bits per heavy atom. The molecule has 2 aliphatic rings. The molecule has 1 saturated heterocycles. The molecule has 1 fully saturated rings. The molecule has 0 aromatic heterocycles. The Morgan fingerprint density at radius 1 is 1.43 bits per heavy atom. The van der Waals surface area contributed by atoms with Gasteiger partial charge in [0.1, 0.15) is 5.75 Å². The van der Waals surface area contributed by atoms with Crippen molar-refractivity contribution in [3.05, 3.63) is 23.8 Å². The summed E-state index contributed by atoms with van der Waals surface area (Å²) in [5.41, 5.74) is 6.65. The lowest BCUT2D eigenvalue weighted by atomic mass is 9.90. The van der Waals surface area contributed by atoms with Crippen molar-refractivity contribution in [2.45, 2.75) is 31.1 Å². The molecule has 0 bridgehead atoms. The van der Waals surface area contributed by atoms with Gasteiger partial charge in [-0.05, 0) is 55.0 Å². The predicted octanol–water partition coefficient (Wildman–Crippen LogP) is 1.37. The van der Waals surface area contributed by atoms with Crippen molar-refractivity contribution in [3.8, 4) is 5.75 Å². The summed E-state index contributed by atoms with van der Waals surface area (Å²) in [6.45, 7) is 4.31. The minimum atomic E-state index is -3.43. The van der Waals surface area contributed by atoms with E-state index in [-0.39, 0.29) is 5.41 Å². The third-order valence-corrected chi connectivity index (χ3v) is 6.37. The van der Waals surface area contributed by atoms with Crippen LogP contribution in [0.5, 0.6) is 5.75 Å². The van der Waals surface area contributed by atoms with Crippen LogP contribution in [0, 0.1) is 5.41 Å². The average Bonchev–Trinajstić information content (AvgIpc) is 2.91. The van der Waals surface area contributed by atoms with E-state index in [2.05, 4.69) is 0 Å². The Labute approximate surface area is 126 Å². The molecule has 3 rings (SSSR count). The minimum absolute atomic E-state index is 0.107. The topological polar surface area (TPSA) is 72.6 Å². The van der Waals surface area contributed by atoms with Crippen LogP contribution in [-0.4, -0.2) is 39.0 Å². The summed E-state index contributed by atoms with van der Waals surface area (Å²) in [5.74, 6) is 0.813. The largest absolute Gasteiger partial charge is 0.493 e. The number of fused-ring (bicyclic) bond motifs is 1. The minimum Gasteiger partial charge on any atom is -0.493 e. The lowest BCUT2D eigenvalue weighted by Gasteiger charge is -2.23. The number of aryl methyl sites for hydroxylation is 1. The third kappa shape index (κ3) is 2.67. The summed E-state index contributed by atoms with van der Waals surface area (Å²) in [5, 5.41) is 0. The predicted molar refractivity (Wildman–Crippen MR) is 80.8 cm³/mol. The number of hydrogen-bond donors (Lipinski definition) is 1. The van der Waals surface area contributed by atoms with Crippen LogP contribution in [-0.2, 0) is 16.4 Å². The second kappa shape index (κ2) is 5.26. The summed E-state index contributed by atoms with van der Waals surface area (Å²) >= 11 is 0. The van der Waals surface area contributed by atoms with Crippen LogP contribution < -0.4 is 10.5 Å². The summed E-state index contributed by atoms with van der Waals surface area (Å²) in [6, 6.07) is 5.19. The standard InChI is InChI=1S/C15H22N2O3S/c1-15(10-16)6-7-17(11-15)21(18,19)13-4-5-14-12(9-13)3-2-8-20-14/h4-5,9H,2-3,6-8,10-11,16H2,1H3. The maximum Gasteiger partial charge on any atom is 0.243 e. The molecular weight excluding hydrogens is 288 g/mol. The molecule has 2 N–H and O–H groups in total. The van der Waals surface area contributed by atoms with Crippen molar-refractivity contribution < 1.29 is 13.2 Å². The van der Waals surface area contributed by atoms with E-state index >= 15 is 0 Å². The molecule has 0 radical (unpaired) electrons. The number of hydrogen-bond acceptors (Lipinski definition) is 4. The highest BCUT2D eigenvalue weighted by atomic mass is 32.2. The van der Waals surface area contributed by atoms with Crippen molar-refractivity contribution in [2.24, 2.45) is 11.1 Å². The van der Waals surface area contributed by atoms with Gasteiger partial charge in [-0.2, -0.15) is 4.31 Å². The molecule has 21 heavy (non-hydrogen) atoms. The van der Waals surface area contributed by atoms with E-state index in [4.69, 9.17) is 10.5 Å². The number of nitrogens with two attached hydrogens (primary N) is 1. The normalized spacial score (nSPS) is 26.4. The number of nitrogens with zero attached hydrogens (tertiary/aromatic N) is 1. The van der Waals surface area contributed by atoms with Crippen molar-refractivity contribution in [2.75, 3.05) is 26.2 Å². The summed E-state index contributed by atoms with van der Waals surface area (Å²) in [7, 11) is -3.43. The lowest BCUT2D eigenvalue weighted by Crippen LogP contribution is -2.34. The molecule has 0 saturated carbocycles. The van der Waals surface area contributed by atoms with Gasteiger partial charge in [0.15, 0.2) is 0 Å². The molecule has 5 nitrogen and oxygen atoms in total. The number of sulfonamides is 1. The Hall–Kier alpha value is -1.11. The van der Waals surface area contributed by atoms with E-state index in [1.807, 2.05) is 6.92 Å². The van der Waals surface area contributed by atoms with Gasteiger partial charge in [0.2, 0.25) is 10.0 Å². The second-order valence-corrected chi connectivity index (χ2v) is 8.26. The molecule has 1 aromatic rings. The fraction of sp³-hybridized carbons (Fsp3) is 0.600. The molecule has 0 spiro atoms. The van der Waals surface area contributed by atoms with E-state index in [1.54, 1.807) is 22.5 Å². The molecule has 1 unspecified atom stereocenters. The first-order chi connectivity index (χ1) is 9.94. The Bertz CT molecular complexity index is 644. The van der Waals surface area contributed by atoms with Gasteiger partial charge in [-0.15, -0.1) is 0 Å². The highest BCUT2D eigenvalue weighted by Crippen LogP contribution is 2.34. The summed E-state index contributed by atoms with van der Waals surface area (Å²) in [6.07, 6.45) is 2.63. The SMILES string of the molecule is CC1(CN)CCN(S(=O)(=O)c2ccc3c(c2)CCCO3)C1.